The van der Waals surface area contributed by atoms with Crippen LogP contribution in [0.15, 0.2) is 79.0 Å². The molecule has 1 amide bonds. The quantitative estimate of drug-likeness (QED) is 0.440. The molecule has 1 fully saturated rings. The summed E-state index contributed by atoms with van der Waals surface area (Å²) in [4.78, 5) is 22.5. The van der Waals surface area contributed by atoms with Gasteiger partial charge in [-0.2, -0.15) is 5.10 Å². The van der Waals surface area contributed by atoms with Crippen molar-refractivity contribution in [1.82, 2.24) is 24.6 Å². The van der Waals surface area contributed by atoms with E-state index in [1.165, 1.54) is 0 Å². The number of carbonyl (C=O) groups excluding carboxylic acids is 1. The first-order valence-corrected chi connectivity index (χ1v) is 11.3. The first kappa shape index (κ1) is 21.3. The molecule has 2 aromatic carbocycles. The van der Waals surface area contributed by atoms with Gasteiger partial charge in [-0.1, -0.05) is 42.5 Å². The molecule has 0 atom stereocenters. The third-order valence-corrected chi connectivity index (χ3v) is 5.97. The maximum Gasteiger partial charge on any atom is 0.272 e. The van der Waals surface area contributed by atoms with Gasteiger partial charge in [0.2, 0.25) is 0 Å². The van der Waals surface area contributed by atoms with Gasteiger partial charge in [-0.3, -0.25) is 9.69 Å². The fraction of sp³-hybridized carbons (Fsp3) is 0.269. The molecule has 0 unspecified atom stereocenters. The van der Waals surface area contributed by atoms with Crippen LogP contribution in [0.3, 0.4) is 0 Å². The van der Waals surface area contributed by atoms with Crippen LogP contribution in [-0.4, -0.2) is 69.9 Å². The molecule has 1 aliphatic heterocycles. The van der Waals surface area contributed by atoms with E-state index in [0.717, 1.165) is 55.1 Å². The van der Waals surface area contributed by atoms with Gasteiger partial charge in [-0.05, 0) is 30.3 Å². The number of ether oxygens (including phenoxy) is 1. The minimum Gasteiger partial charge on any atom is -0.379 e. The van der Waals surface area contributed by atoms with Crippen LogP contribution in [0, 0.1) is 0 Å². The highest BCUT2D eigenvalue weighted by Crippen LogP contribution is 2.17. The number of nitrogens with zero attached hydrogens (tertiary/aromatic N) is 5. The monoisotopic (exact) mass is 441 g/mol. The fourth-order valence-electron chi connectivity index (χ4n) is 4.13. The van der Waals surface area contributed by atoms with Gasteiger partial charge in [0.25, 0.3) is 5.91 Å². The Morgan fingerprint density at radius 1 is 0.939 bits per heavy atom. The average Bonchev–Trinajstić information content (AvgIpc) is 3.35. The summed E-state index contributed by atoms with van der Waals surface area (Å²) in [7, 11) is 0. The summed E-state index contributed by atoms with van der Waals surface area (Å²) in [6, 6.07) is 23.6. The van der Waals surface area contributed by atoms with E-state index >= 15 is 0 Å². The molecule has 0 saturated carbocycles. The van der Waals surface area contributed by atoms with Crippen LogP contribution in [0.4, 0.5) is 0 Å². The summed E-state index contributed by atoms with van der Waals surface area (Å²) >= 11 is 0. The highest BCUT2D eigenvalue weighted by atomic mass is 16.5. The Morgan fingerprint density at radius 3 is 2.58 bits per heavy atom. The Labute approximate surface area is 193 Å². The fourth-order valence-corrected chi connectivity index (χ4v) is 4.13. The Kier molecular flexibility index (Phi) is 6.41. The van der Waals surface area contributed by atoms with Crippen molar-refractivity contribution < 1.29 is 9.53 Å². The van der Waals surface area contributed by atoms with Gasteiger partial charge < -0.3 is 9.64 Å². The predicted octanol–water partition coefficient (Wildman–Crippen LogP) is 3.40. The summed E-state index contributed by atoms with van der Waals surface area (Å²) in [5.41, 5.74) is 3.21. The number of aromatic nitrogens is 3. The molecule has 0 N–H and O–H groups in total. The molecule has 0 bridgehead atoms. The van der Waals surface area contributed by atoms with Crippen molar-refractivity contribution in [2.24, 2.45) is 0 Å². The van der Waals surface area contributed by atoms with E-state index in [1.807, 2.05) is 82.4 Å². The molecule has 5 rings (SSSR count). The van der Waals surface area contributed by atoms with Gasteiger partial charge >= 0.3 is 0 Å². The highest BCUT2D eigenvalue weighted by Gasteiger charge is 2.21. The molecule has 0 radical (unpaired) electrons. The largest absolute Gasteiger partial charge is 0.379 e. The van der Waals surface area contributed by atoms with Crippen LogP contribution in [0.2, 0.25) is 0 Å². The van der Waals surface area contributed by atoms with Gasteiger partial charge in [-0.25, -0.2) is 9.67 Å². The van der Waals surface area contributed by atoms with Crippen LogP contribution in [-0.2, 0) is 11.3 Å². The van der Waals surface area contributed by atoms with E-state index in [4.69, 9.17) is 4.74 Å². The van der Waals surface area contributed by atoms with Crippen LogP contribution >= 0.6 is 0 Å². The first-order valence-electron chi connectivity index (χ1n) is 11.3. The van der Waals surface area contributed by atoms with Crippen LogP contribution in [0.1, 0.15) is 16.2 Å². The summed E-state index contributed by atoms with van der Waals surface area (Å²) in [6.45, 7) is 5.10. The Morgan fingerprint density at radius 2 is 1.73 bits per heavy atom. The van der Waals surface area contributed by atoms with E-state index in [1.54, 1.807) is 6.20 Å². The van der Waals surface area contributed by atoms with E-state index in [-0.39, 0.29) is 5.91 Å². The molecule has 33 heavy (non-hydrogen) atoms. The lowest BCUT2D eigenvalue weighted by atomic mass is 10.2. The van der Waals surface area contributed by atoms with E-state index in [0.29, 0.717) is 18.8 Å². The molecule has 1 saturated heterocycles. The zero-order chi connectivity index (χ0) is 22.5. The normalized spacial score (nSPS) is 14.4. The third kappa shape index (κ3) is 4.94. The number of hydrogen-bond acceptors (Lipinski definition) is 5. The standard InChI is InChI=1S/C26H27N5O2/c32-26(25-11-10-21-6-4-5-9-24(21)28-25)30(15-14-29-16-18-33-19-17-29)20-23-12-13-27-31(23)22-7-2-1-3-8-22/h1-13H,14-20H2. The number of benzene rings is 2. The molecule has 7 nitrogen and oxygen atoms in total. The lowest BCUT2D eigenvalue weighted by Crippen LogP contribution is -2.43. The minimum atomic E-state index is -0.0742. The number of rotatable bonds is 7. The number of morpholine rings is 1. The van der Waals surface area contributed by atoms with Crippen molar-refractivity contribution >= 4 is 16.8 Å². The van der Waals surface area contributed by atoms with E-state index < -0.39 is 0 Å². The Bertz CT molecular complexity index is 1220. The molecule has 0 spiro atoms. The van der Waals surface area contributed by atoms with Crippen LogP contribution in [0.5, 0.6) is 0 Å². The molecular formula is C26H27N5O2. The highest BCUT2D eigenvalue weighted by molar-refractivity contribution is 5.94. The molecule has 3 heterocycles. The summed E-state index contributed by atoms with van der Waals surface area (Å²) in [5, 5.41) is 5.52. The number of fused-ring (bicyclic) bond motifs is 1. The number of pyridine rings is 1. The van der Waals surface area contributed by atoms with Gasteiger partial charge in [0.15, 0.2) is 0 Å². The molecule has 0 aliphatic carbocycles. The van der Waals surface area contributed by atoms with Crippen LogP contribution in [0.25, 0.3) is 16.6 Å². The number of para-hydroxylation sites is 2. The maximum atomic E-state index is 13.6. The molecular weight excluding hydrogens is 414 g/mol. The number of amides is 1. The maximum absolute atomic E-state index is 13.6. The molecule has 2 aromatic heterocycles. The first-order chi connectivity index (χ1) is 16.3. The van der Waals surface area contributed by atoms with E-state index in [2.05, 4.69) is 15.0 Å². The van der Waals surface area contributed by atoms with Gasteiger partial charge in [-0.15, -0.1) is 0 Å². The van der Waals surface area contributed by atoms with Gasteiger partial charge in [0.05, 0.1) is 36.7 Å². The average molecular weight is 442 g/mol. The van der Waals surface area contributed by atoms with Crippen molar-refractivity contribution in [1.29, 1.82) is 0 Å². The van der Waals surface area contributed by atoms with Crippen molar-refractivity contribution in [3.63, 3.8) is 0 Å². The summed E-state index contributed by atoms with van der Waals surface area (Å²) < 4.78 is 7.36. The predicted molar refractivity (Wildman–Crippen MR) is 127 cm³/mol. The molecule has 7 heteroatoms. The SMILES string of the molecule is O=C(c1ccc2ccccc2n1)N(CCN1CCOCC1)Cc1ccnn1-c1ccccc1. The van der Waals surface area contributed by atoms with Crippen molar-refractivity contribution in [3.8, 4) is 5.69 Å². The Balaban J connectivity index is 1.41. The summed E-state index contributed by atoms with van der Waals surface area (Å²) in [6.07, 6.45) is 1.78. The number of carbonyl (C=O) groups is 1. The van der Waals surface area contributed by atoms with Crippen molar-refractivity contribution in [3.05, 3.63) is 90.4 Å². The third-order valence-electron chi connectivity index (χ3n) is 5.97. The second-order valence-corrected chi connectivity index (χ2v) is 8.14. The summed E-state index contributed by atoms with van der Waals surface area (Å²) in [5.74, 6) is -0.0742. The number of hydrogen-bond donors (Lipinski definition) is 0. The second kappa shape index (κ2) is 9.94. The van der Waals surface area contributed by atoms with Crippen LogP contribution < -0.4 is 0 Å². The zero-order valence-electron chi connectivity index (χ0n) is 18.5. The lowest BCUT2D eigenvalue weighted by molar-refractivity contribution is 0.0318. The lowest BCUT2D eigenvalue weighted by Gasteiger charge is -2.30. The molecule has 168 valence electrons. The van der Waals surface area contributed by atoms with Crippen molar-refractivity contribution in [2.75, 3.05) is 39.4 Å². The minimum absolute atomic E-state index is 0.0742. The van der Waals surface area contributed by atoms with Crippen molar-refractivity contribution in [2.45, 2.75) is 6.54 Å². The molecule has 1 aliphatic rings. The smallest absolute Gasteiger partial charge is 0.272 e. The topological polar surface area (TPSA) is 63.5 Å². The zero-order valence-corrected chi connectivity index (χ0v) is 18.5. The van der Waals surface area contributed by atoms with Gasteiger partial charge in [0.1, 0.15) is 5.69 Å². The van der Waals surface area contributed by atoms with Gasteiger partial charge in [0, 0.05) is 37.8 Å². The second-order valence-electron chi connectivity index (χ2n) is 8.14. The molecule has 4 aromatic rings. The van der Waals surface area contributed by atoms with E-state index in [9.17, 15) is 4.79 Å². The Hall–Kier alpha value is -3.55.